The number of nitrogens with zero attached hydrogens (tertiary/aromatic N) is 13. The van der Waals surface area contributed by atoms with Crippen molar-refractivity contribution in [3.8, 4) is 0 Å². The molecule has 0 bridgehead atoms. The fraction of sp³-hybridized carbons (Fsp3) is 0.538. The van der Waals surface area contributed by atoms with Crippen molar-refractivity contribution in [3.63, 3.8) is 0 Å². The highest BCUT2D eigenvalue weighted by Crippen LogP contribution is 2.34. The summed E-state index contributed by atoms with van der Waals surface area (Å²) in [5.74, 6) is 0.551. The lowest BCUT2D eigenvalue weighted by molar-refractivity contribution is -0.383. The highest BCUT2D eigenvalue weighted by atomic mass is 16.6. The molecule has 8 rings (SSSR count). The highest BCUT2D eigenvalue weighted by molar-refractivity contribution is 5.95. The van der Waals surface area contributed by atoms with E-state index in [0.717, 1.165) is 103 Å². The van der Waals surface area contributed by atoms with Crippen LogP contribution in [0.3, 0.4) is 0 Å². The Hall–Kier alpha value is -6.70. The number of aromatic nitrogens is 6. The van der Waals surface area contributed by atoms with E-state index in [2.05, 4.69) is 90.5 Å². The number of nitrogens with one attached hydrogen (secondary N) is 1. The van der Waals surface area contributed by atoms with Gasteiger partial charge in [0, 0.05) is 76.6 Å². The molecule has 0 aliphatic carbocycles. The Kier molecular flexibility index (Phi) is 16.1. The summed E-state index contributed by atoms with van der Waals surface area (Å²) in [6.07, 6.45) is 4.11. The van der Waals surface area contributed by atoms with Gasteiger partial charge in [0.05, 0.1) is 31.8 Å². The zero-order valence-electron chi connectivity index (χ0n) is 36.1. The van der Waals surface area contributed by atoms with Crippen LogP contribution in [-0.2, 0) is 0 Å². The standard InChI is InChI=1S/C15H23N5O3.C12H16N6O3.C12H15N5O3/c1-4-19(5-2)10-6-7-11(3)16-12-8-9-13(20(21)22)15-14(12)17-23-18-15;13-3-4-16-5-7-17(8-6-16)9-1-2-10(18(19)20)12-11(9)14-21-15-12;13-7-8-3-5-16(6-4-8)9-1-2-10(17(18)19)12-11(9)14-20-15-12/h8-9,11,16H,4-7,10H2,1-3H3;1-2H,3-8,13H2;1-2,8H,3-7,13H2. The lowest BCUT2D eigenvalue weighted by Gasteiger charge is -2.35. The van der Waals surface area contributed by atoms with Gasteiger partial charge in [0.1, 0.15) is 0 Å². The predicted molar refractivity (Wildman–Crippen MR) is 237 cm³/mol. The topological polar surface area (TPSA) is 323 Å². The van der Waals surface area contributed by atoms with Crippen molar-refractivity contribution >= 4 is 67.2 Å². The van der Waals surface area contributed by atoms with E-state index < -0.39 is 14.8 Å². The zero-order valence-corrected chi connectivity index (χ0v) is 36.1. The Morgan fingerprint density at radius 3 is 1.61 bits per heavy atom. The summed E-state index contributed by atoms with van der Waals surface area (Å²) >= 11 is 0. The van der Waals surface area contributed by atoms with Crippen LogP contribution in [0.25, 0.3) is 33.1 Å². The predicted octanol–water partition coefficient (Wildman–Crippen LogP) is 4.57. The third-order valence-electron chi connectivity index (χ3n) is 11.6. The second kappa shape index (κ2) is 22.1. The molecule has 2 aliphatic rings. The highest BCUT2D eigenvalue weighted by Gasteiger charge is 2.27. The molecular weight excluding hydrogens is 837 g/mol. The molecular formula is C39H54N16O9. The maximum atomic E-state index is 11.0. The largest absolute Gasteiger partial charge is 0.381 e. The van der Waals surface area contributed by atoms with Gasteiger partial charge < -0.3 is 31.5 Å². The molecule has 0 radical (unpaired) electrons. The van der Waals surface area contributed by atoms with E-state index in [4.69, 9.17) is 11.5 Å². The summed E-state index contributed by atoms with van der Waals surface area (Å²) in [5, 5.41) is 58.6. The monoisotopic (exact) mass is 890 g/mol. The van der Waals surface area contributed by atoms with E-state index in [9.17, 15) is 30.3 Å². The van der Waals surface area contributed by atoms with Crippen molar-refractivity contribution < 1.29 is 28.7 Å². The molecule has 5 N–H and O–H groups in total. The SMILES string of the molecule is CCN(CC)CCCC(C)Nc1ccc([N+](=O)[O-])c2nonc12.NCC1CCN(c2ccc([N+](=O)[O-])c3nonc23)CC1.NCCN1CCN(c2ccc([N+](=O)[O-])c3nonc23)CC1. The molecule has 25 nitrogen and oxygen atoms in total. The number of benzene rings is 3. The number of anilines is 3. The smallest absolute Gasteiger partial charge is 0.300 e. The van der Waals surface area contributed by atoms with Gasteiger partial charge in [-0.2, -0.15) is 0 Å². The van der Waals surface area contributed by atoms with Crippen LogP contribution in [0.4, 0.5) is 34.1 Å². The van der Waals surface area contributed by atoms with Gasteiger partial charge in [-0.05, 0) is 114 Å². The average molecular weight is 891 g/mol. The van der Waals surface area contributed by atoms with Crippen LogP contribution in [-0.4, -0.2) is 140 Å². The minimum Gasteiger partial charge on any atom is -0.381 e. The van der Waals surface area contributed by atoms with E-state index in [1.54, 1.807) is 18.2 Å². The summed E-state index contributed by atoms with van der Waals surface area (Å²) in [7, 11) is 0. The van der Waals surface area contributed by atoms with Gasteiger partial charge >= 0.3 is 17.1 Å². The average Bonchev–Trinajstić information content (AvgIpc) is 4.11. The molecule has 1 atom stereocenters. The number of piperazine rings is 1. The molecule has 0 saturated carbocycles. The molecule has 3 aromatic carbocycles. The van der Waals surface area contributed by atoms with Gasteiger partial charge in [-0.3, -0.25) is 35.2 Å². The van der Waals surface area contributed by atoms with Gasteiger partial charge in [0.25, 0.3) is 0 Å². The molecule has 5 heterocycles. The zero-order chi connectivity index (χ0) is 45.8. The molecule has 0 amide bonds. The van der Waals surface area contributed by atoms with Crippen LogP contribution in [0.1, 0.15) is 46.5 Å². The van der Waals surface area contributed by atoms with Crippen LogP contribution < -0.4 is 26.6 Å². The molecule has 3 aromatic heterocycles. The fourth-order valence-electron chi connectivity index (χ4n) is 7.91. The number of hydrogen-bond donors (Lipinski definition) is 3. The number of hydrogen-bond acceptors (Lipinski definition) is 22. The van der Waals surface area contributed by atoms with Gasteiger partial charge in [0.2, 0.25) is 16.6 Å². The fourth-order valence-corrected chi connectivity index (χ4v) is 7.91. The minimum atomic E-state index is -0.482. The third kappa shape index (κ3) is 11.1. The summed E-state index contributed by atoms with van der Waals surface area (Å²) in [4.78, 5) is 40.5. The van der Waals surface area contributed by atoms with Gasteiger partial charge in [-0.15, -0.1) is 0 Å². The summed E-state index contributed by atoms with van der Waals surface area (Å²) < 4.78 is 14.0. The van der Waals surface area contributed by atoms with Crippen molar-refractivity contribution in [3.05, 3.63) is 66.7 Å². The Morgan fingerprint density at radius 1 is 0.688 bits per heavy atom. The lowest BCUT2D eigenvalue weighted by atomic mass is 9.96. The minimum absolute atomic E-state index is 0.0816. The normalized spacial score (nSPS) is 15.2. The second-order valence-electron chi connectivity index (χ2n) is 15.5. The first-order chi connectivity index (χ1) is 31.0. The van der Waals surface area contributed by atoms with Crippen molar-refractivity contribution in [1.82, 2.24) is 40.7 Å². The van der Waals surface area contributed by atoms with Crippen LogP contribution in [0.5, 0.6) is 0 Å². The molecule has 2 aliphatic heterocycles. The maximum absolute atomic E-state index is 11.0. The summed E-state index contributed by atoms with van der Waals surface area (Å²) in [6.45, 7) is 17.0. The number of fused-ring (bicyclic) bond motifs is 3. The number of nitro groups is 3. The van der Waals surface area contributed by atoms with Crippen molar-refractivity contribution in [2.75, 3.05) is 93.7 Å². The second-order valence-corrected chi connectivity index (χ2v) is 15.5. The molecule has 1 unspecified atom stereocenters. The van der Waals surface area contributed by atoms with E-state index in [1.807, 2.05) is 0 Å². The molecule has 6 aromatic rings. The van der Waals surface area contributed by atoms with Gasteiger partial charge in [-0.1, -0.05) is 13.8 Å². The van der Waals surface area contributed by atoms with E-state index >= 15 is 0 Å². The number of piperidine rings is 1. The van der Waals surface area contributed by atoms with Crippen molar-refractivity contribution in [2.24, 2.45) is 17.4 Å². The first kappa shape index (κ1) is 46.8. The molecule has 2 saturated heterocycles. The first-order valence-corrected chi connectivity index (χ1v) is 21.3. The van der Waals surface area contributed by atoms with Crippen LogP contribution in [0.2, 0.25) is 0 Å². The van der Waals surface area contributed by atoms with Gasteiger partial charge in [-0.25, -0.2) is 13.9 Å². The number of nitro benzene ring substituents is 3. The summed E-state index contributed by atoms with van der Waals surface area (Å²) in [5.41, 5.74) is 15.2. The quantitative estimate of drug-likeness (QED) is 0.0884. The Bertz CT molecular complexity index is 2480. The number of non-ortho nitro benzene ring substituents is 3. The van der Waals surface area contributed by atoms with Gasteiger partial charge in [0.15, 0.2) is 16.6 Å². The van der Waals surface area contributed by atoms with Crippen molar-refractivity contribution in [2.45, 2.75) is 52.5 Å². The number of nitrogens with two attached hydrogens (primary N) is 2. The maximum Gasteiger partial charge on any atom is 0.300 e. The van der Waals surface area contributed by atoms with Crippen LogP contribution >= 0.6 is 0 Å². The van der Waals surface area contributed by atoms with Crippen LogP contribution in [0, 0.1) is 36.3 Å². The van der Waals surface area contributed by atoms with Crippen LogP contribution in [0.15, 0.2) is 50.3 Å². The Morgan fingerprint density at radius 2 is 1.14 bits per heavy atom. The van der Waals surface area contributed by atoms with E-state index in [0.29, 0.717) is 41.2 Å². The molecule has 2 fully saturated rings. The van der Waals surface area contributed by atoms with E-state index in [-0.39, 0.29) is 39.7 Å². The first-order valence-electron chi connectivity index (χ1n) is 21.3. The molecule has 344 valence electrons. The lowest BCUT2D eigenvalue weighted by Crippen LogP contribution is -2.47. The van der Waals surface area contributed by atoms with E-state index in [1.165, 1.54) is 18.2 Å². The Labute approximate surface area is 366 Å². The summed E-state index contributed by atoms with van der Waals surface area (Å²) in [6, 6.07) is 9.65. The Balaban J connectivity index is 0.000000160. The molecule has 64 heavy (non-hydrogen) atoms. The number of rotatable bonds is 16. The molecule has 25 heteroatoms. The van der Waals surface area contributed by atoms with Crippen molar-refractivity contribution in [1.29, 1.82) is 0 Å². The molecule has 0 spiro atoms. The third-order valence-corrected chi connectivity index (χ3v) is 11.6.